The van der Waals surface area contributed by atoms with Gasteiger partial charge in [0.25, 0.3) is 0 Å². The first-order chi connectivity index (χ1) is 34.0. The summed E-state index contributed by atoms with van der Waals surface area (Å²) >= 11 is 42.8. The molecule has 0 unspecified atom stereocenters. The third-order valence-electron chi connectivity index (χ3n) is 10.4. The van der Waals surface area contributed by atoms with Crippen LogP contribution in [0.3, 0.4) is 0 Å². The van der Waals surface area contributed by atoms with Gasteiger partial charge in [-0.1, -0.05) is 293 Å². The molecule has 0 nitrogen and oxygen atoms in total. The minimum absolute atomic E-state index is 1.25. The van der Waals surface area contributed by atoms with Crippen molar-refractivity contribution in [1.29, 1.82) is 0 Å². The van der Waals surface area contributed by atoms with Crippen LogP contribution in [0.5, 0.6) is 0 Å². The SMILES string of the molecule is CCCCCCSC1=C(SCCCCCC)SC(=C2SC3=C(SC(=Cc4ccc(C=C5SC6=C(S5)SC(=C5SC7=C(SC(=C8SC(SCCCCCC)=C(SCCCCCC)S8)S7)S5)S6)s4)S3)S2)S1. The van der Waals surface area contributed by atoms with E-state index in [4.69, 9.17) is 0 Å². The lowest BCUT2D eigenvalue weighted by Gasteiger charge is -2.08. The molecule has 0 radical (unpaired) electrons. The molecule has 374 valence electrons. The molecule has 1 aromatic heterocycles. The van der Waals surface area contributed by atoms with Gasteiger partial charge in [0.05, 0.1) is 76.3 Å². The molecule has 0 aromatic carbocycles. The highest BCUT2D eigenvalue weighted by atomic mass is 32.3. The normalized spacial score (nSPS) is 20.4. The lowest BCUT2D eigenvalue weighted by molar-refractivity contribution is 0.707. The highest BCUT2D eigenvalue weighted by molar-refractivity contribution is 8.53. The van der Waals surface area contributed by atoms with E-state index in [1.54, 1.807) is 16.9 Å². The largest absolute Gasteiger partial charge is 0.136 e. The molecule has 0 aliphatic carbocycles. The van der Waals surface area contributed by atoms with Gasteiger partial charge in [-0.05, 0) is 73.0 Å². The average Bonchev–Trinajstić information content (AvgIpc) is 4.19. The minimum Gasteiger partial charge on any atom is -0.136 e. The molecular weight excluding hydrogens is 1250 g/mol. The fourth-order valence-corrected chi connectivity index (χ4v) is 39.8. The van der Waals surface area contributed by atoms with Crippen molar-refractivity contribution < 1.29 is 0 Å². The first kappa shape index (κ1) is 57.8. The first-order valence-corrected chi connectivity index (χ1v) is 41.6. The van der Waals surface area contributed by atoms with Crippen LogP contribution in [0.4, 0.5) is 0 Å². The second kappa shape index (κ2) is 30.6. The number of rotatable bonds is 26. The summed E-state index contributed by atoms with van der Waals surface area (Å²) in [6.45, 7) is 9.24. The number of hydrogen-bond acceptors (Lipinski definition) is 21. The van der Waals surface area contributed by atoms with Crippen molar-refractivity contribution >= 4 is 259 Å². The van der Waals surface area contributed by atoms with Crippen LogP contribution in [0.1, 0.15) is 140 Å². The van der Waals surface area contributed by atoms with Crippen molar-refractivity contribution in [3.8, 4) is 0 Å². The van der Waals surface area contributed by atoms with Crippen LogP contribution in [0.25, 0.3) is 12.2 Å². The summed E-state index contributed by atoms with van der Waals surface area (Å²) in [7, 11) is 0. The van der Waals surface area contributed by atoms with E-state index in [0.717, 1.165) is 0 Å². The average molecular weight is 1310 g/mol. The van der Waals surface area contributed by atoms with Gasteiger partial charge in [0, 0.05) is 9.75 Å². The minimum atomic E-state index is 1.25. The van der Waals surface area contributed by atoms with Crippen molar-refractivity contribution in [2.24, 2.45) is 0 Å². The molecule has 1 aromatic rings. The van der Waals surface area contributed by atoms with E-state index in [-0.39, 0.29) is 0 Å². The smallest absolute Gasteiger partial charge is 0.0718 e. The quantitative estimate of drug-likeness (QED) is 0.0808. The van der Waals surface area contributed by atoms with Gasteiger partial charge < -0.3 is 0 Å². The summed E-state index contributed by atoms with van der Waals surface area (Å²) in [5.41, 5.74) is 0. The summed E-state index contributed by atoms with van der Waals surface area (Å²) in [6.07, 6.45) is 26.3. The number of thioether (sulfide) groups is 20. The Kier molecular flexibility index (Phi) is 25.6. The standard InChI is InChI=1S/C48H56S21/c1-5-9-13-17-23-49-33-34(50-24-18-14-10-6-2)59-41(58-33)43-62-37-38(63-43)55-31(54-37)27-29-21-22-30(53-29)28-32-56-39-40(57-32)65-45(64-39)46-68-47-48(69-46)67-44(66-47)42-60-35(51-25-19-15-11-7-3)36(61-42)52-26-20-16-12-8-4/h21-22,27-28H,5-20,23-26H2,1-4H3. The maximum atomic E-state index is 2.42. The maximum absolute atomic E-state index is 2.42. The van der Waals surface area contributed by atoms with E-state index in [0.29, 0.717) is 0 Å². The molecule has 8 aliphatic rings. The van der Waals surface area contributed by atoms with Crippen LogP contribution in [0.15, 0.2) is 88.4 Å². The molecular formula is C48H56S21. The Morgan fingerprint density at radius 1 is 0.290 bits per heavy atom. The van der Waals surface area contributed by atoms with Gasteiger partial charge in [-0.3, -0.25) is 0 Å². The van der Waals surface area contributed by atoms with Gasteiger partial charge in [0.15, 0.2) is 0 Å². The van der Waals surface area contributed by atoms with Crippen LogP contribution in [-0.4, -0.2) is 23.0 Å². The second-order valence-electron chi connectivity index (χ2n) is 16.0. The molecule has 0 N–H and O–H groups in total. The van der Waals surface area contributed by atoms with E-state index >= 15 is 0 Å². The van der Waals surface area contributed by atoms with Crippen molar-refractivity contribution in [3.05, 3.63) is 98.2 Å². The first-order valence-electron chi connectivity index (χ1n) is 23.8. The molecule has 8 aliphatic heterocycles. The predicted octanol–water partition coefficient (Wildman–Crippen LogP) is 26.5. The van der Waals surface area contributed by atoms with Gasteiger partial charge in [0.2, 0.25) is 0 Å². The lowest BCUT2D eigenvalue weighted by atomic mass is 10.2. The fraction of sp³-hybridized carbons (Fsp3) is 0.500. The van der Waals surface area contributed by atoms with E-state index in [9.17, 15) is 0 Å². The van der Waals surface area contributed by atoms with E-state index in [1.165, 1.54) is 195 Å². The Labute approximate surface area is 503 Å². The van der Waals surface area contributed by atoms with E-state index < -0.39 is 0 Å². The summed E-state index contributed by atoms with van der Waals surface area (Å²) in [4.78, 5) is 2.70. The Balaban J connectivity index is 0.723. The number of unbranched alkanes of at least 4 members (excludes halogenated alkanes) is 12. The summed E-state index contributed by atoms with van der Waals surface area (Å²) in [6, 6.07) is 4.64. The number of thiophene rings is 1. The van der Waals surface area contributed by atoms with Crippen LogP contribution < -0.4 is 0 Å². The molecule has 0 bridgehead atoms. The molecule has 9 heterocycles. The third kappa shape index (κ3) is 16.8. The molecule has 0 saturated heterocycles. The zero-order valence-corrected chi connectivity index (χ0v) is 56.2. The molecule has 21 heteroatoms. The van der Waals surface area contributed by atoms with Crippen molar-refractivity contribution in [2.45, 2.75) is 130 Å². The molecule has 0 atom stereocenters. The van der Waals surface area contributed by atoms with Crippen molar-refractivity contribution in [1.82, 2.24) is 0 Å². The molecule has 0 amide bonds. The lowest BCUT2D eigenvalue weighted by Crippen LogP contribution is -1.83. The van der Waals surface area contributed by atoms with E-state index in [2.05, 4.69) is 146 Å². The van der Waals surface area contributed by atoms with Crippen LogP contribution >= 0.6 is 247 Å². The summed E-state index contributed by atoms with van der Waals surface area (Å²) < 4.78 is 27.1. The number of hydrogen-bond donors (Lipinski definition) is 0. The third-order valence-corrected chi connectivity index (χ3v) is 41.0. The van der Waals surface area contributed by atoms with Gasteiger partial charge in [-0.25, -0.2) is 0 Å². The Morgan fingerprint density at radius 2 is 0.522 bits per heavy atom. The molecule has 0 fully saturated rings. The van der Waals surface area contributed by atoms with Crippen molar-refractivity contribution in [3.63, 3.8) is 0 Å². The molecule has 0 saturated carbocycles. The Hall–Kier alpha value is 4.10. The fourth-order valence-electron chi connectivity index (χ4n) is 6.84. The van der Waals surface area contributed by atoms with E-state index in [1.807, 2.05) is 152 Å². The molecule has 69 heavy (non-hydrogen) atoms. The van der Waals surface area contributed by atoms with Gasteiger partial charge in [-0.15, -0.1) is 58.4 Å². The molecule has 0 spiro atoms. The summed E-state index contributed by atoms with van der Waals surface area (Å²) in [5.74, 6) is 5.02. The van der Waals surface area contributed by atoms with Crippen molar-refractivity contribution in [2.75, 3.05) is 23.0 Å². The zero-order chi connectivity index (χ0) is 47.4. The second-order valence-corrected chi connectivity index (χ2v) is 42.7. The topological polar surface area (TPSA) is 0 Å². The Morgan fingerprint density at radius 3 is 0.768 bits per heavy atom. The Bertz CT molecular complexity index is 2250. The van der Waals surface area contributed by atoms with Crippen LogP contribution in [-0.2, 0) is 0 Å². The van der Waals surface area contributed by atoms with Gasteiger partial charge in [0.1, 0.15) is 0 Å². The molecule has 9 rings (SSSR count). The van der Waals surface area contributed by atoms with Crippen LogP contribution in [0, 0.1) is 0 Å². The predicted molar refractivity (Wildman–Crippen MR) is 364 cm³/mol. The zero-order valence-electron chi connectivity index (χ0n) is 39.0. The monoisotopic (exact) mass is 1300 g/mol. The highest BCUT2D eigenvalue weighted by Gasteiger charge is 2.39. The highest BCUT2D eigenvalue weighted by Crippen LogP contribution is 2.75. The van der Waals surface area contributed by atoms with Gasteiger partial charge >= 0.3 is 0 Å². The van der Waals surface area contributed by atoms with Gasteiger partial charge in [-0.2, -0.15) is 0 Å². The van der Waals surface area contributed by atoms with Crippen LogP contribution in [0.2, 0.25) is 0 Å². The summed E-state index contributed by atoms with van der Waals surface area (Å²) in [5, 5.41) is 0. The maximum Gasteiger partial charge on any atom is 0.0718 e.